The number of para-hydroxylation sites is 3. The van der Waals surface area contributed by atoms with Gasteiger partial charge in [-0.25, -0.2) is 0 Å². The highest BCUT2D eigenvalue weighted by Gasteiger charge is 2.18. The van der Waals surface area contributed by atoms with E-state index in [0.717, 1.165) is 40.7 Å². The van der Waals surface area contributed by atoms with Crippen LogP contribution in [0, 0.1) is 0 Å². The van der Waals surface area contributed by atoms with E-state index in [4.69, 9.17) is 0 Å². The van der Waals surface area contributed by atoms with Gasteiger partial charge in [0.05, 0.1) is 11.0 Å². The number of aromatic nitrogens is 2. The second-order valence-electron chi connectivity index (χ2n) is 21.8. The van der Waals surface area contributed by atoms with Gasteiger partial charge in [0.15, 0.2) is 0 Å². The molecule has 0 bridgehead atoms. The first-order chi connectivity index (χ1) is 41.5. The Balaban J connectivity index is 0.646. The molecule has 0 radical (unpaired) electrons. The highest BCUT2D eigenvalue weighted by Crippen LogP contribution is 2.41. The highest BCUT2D eigenvalue weighted by molar-refractivity contribution is 6.11. The van der Waals surface area contributed by atoms with Gasteiger partial charge in [-0.2, -0.15) is 0 Å². The van der Waals surface area contributed by atoms with Crippen LogP contribution in [-0.4, -0.2) is 16.2 Å². The van der Waals surface area contributed by atoms with E-state index in [1.807, 2.05) is 0 Å². The van der Waals surface area contributed by atoms with Gasteiger partial charge >= 0.3 is 0 Å². The van der Waals surface area contributed by atoms with Gasteiger partial charge in [-0.3, -0.25) is 0 Å². The molecule has 0 atom stereocenters. The number of nitrogens with zero attached hydrogens (tertiary/aromatic N) is 4. The number of hydrogen-bond donors (Lipinski definition) is 0. The zero-order valence-electron chi connectivity index (χ0n) is 46.6. The summed E-state index contributed by atoms with van der Waals surface area (Å²) in [6.45, 7) is 0.766. The van der Waals surface area contributed by atoms with E-state index < -0.39 is 0 Å². The molecule has 4 nitrogen and oxygen atoms in total. The Bertz CT molecular complexity index is 4830. The van der Waals surface area contributed by atoms with Gasteiger partial charge < -0.3 is 18.9 Å². The molecule has 0 spiro atoms. The molecule has 0 N–H and O–H groups in total. The molecule has 2 aromatic heterocycles. The van der Waals surface area contributed by atoms with Gasteiger partial charge in [-0.05, 0) is 170 Å². The molecule has 84 heavy (non-hydrogen) atoms. The zero-order valence-corrected chi connectivity index (χ0v) is 46.6. The summed E-state index contributed by atoms with van der Waals surface area (Å²) in [5, 5.41) is 5.02. The fraction of sp³-hybridized carbons (Fsp3) is 0.0250. The van der Waals surface area contributed by atoms with Crippen molar-refractivity contribution < 1.29 is 0 Å². The van der Waals surface area contributed by atoms with Crippen molar-refractivity contribution in [1.82, 2.24) is 9.13 Å². The number of anilines is 5. The quantitative estimate of drug-likeness (QED) is 0.114. The molecule has 15 rings (SSSR count). The third-order valence-electron chi connectivity index (χ3n) is 16.8. The van der Waals surface area contributed by atoms with Gasteiger partial charge in [0, 0.05) is 80.3 Å². The molecular formula is C80H58N4. The predicted octanol–water partition coefficient (Wildman–Crippen LogP) is 21.5. The normalized spacial score (nSPS) is 11.4. The Labute approximate surface area is 490 Å². The molecule has 0 amide bonds. The Hall–Kier alpha value is -10.9. The van der Waals surface area contributed by atoms with Crippen molar-refractivity contribution in [2.75, 3.05) is 16.8 Å². The van der Waals surface area contributed by atoms with Gasteiger partial charge in [0.2, 0.25) is 0 Å². The summed E-state index contributed by atoms with van der Waals surface area (Å²) < 4.78 is 4.87. The second-order valence-corrected chi connectivity index (χ2v) is 21.8. The van der Waals surface area contributed by atoms with E-state index in [1.165, 1.54) is 105 Å². The molecule has 0 saturated carbocycles. The lowest BCUT2D eigenvalue weighted by atomic mass is 9.98. The lowest BCUT2D eigenvalue weighted by molar-refractivity contribution is 0.869. The van der Waals surface area contributed by atoms with Crippen LogP contribution in [0.25, 0.3) is 105 Å². The molecule has 0 aliphatic carbocycles. The minimum atomic E-state index is 0.766. The SMILES string of the molecule is CN(c1ccc(Cn2c3ccccc3c3cc(-c4ccc(-c5ccc(N(c6ccccc6)c6cccc(-c7ccccc7)c6)cc5)cc4)ccc32)cc1)c1ccc(-c2ccc3c(c2)c2ccccc2n3-c2cccc(-c3ccccc3)c2)cc1. The van der Waals surface area contributed by atoms with E-state index in [9.17, 15) is 0 Å². The van der Waals surface area contributed by atoms with Crippen LogP contribution in [0.2, 0.25) is 0 Å². The fourth-order valence-corrected chi connectivity index (χ4v) is 12.5. The standard InChI is InChI=1S/C80H58N4/c1-81(68-45-37-62(38-46-68)66-42-50-80-76(54-66)74-28-12-14-30-79(74)84(80)72-26-16-22-64(52-72)58-19-7-3-8-20-58)67-43-31-56(32-44-67)55-82-77-29-13-11-27-73(77)75-53-65(41-49-78(75)82)61-35-33-59(34-36-61)60-39-47-70(48-40-60)83(69-23-9-4-10-24-69)71-25-15-21-63(51-71)57-17-5-2-6-18-57/h2-54H,55H2,1H3. The van der Waals surface area contributed by atoms with Crippen molar-refractivity contribution >= 4 is 72.0 Å². The van der Waals surface area contributed by atoms with Crippen molar-refractivity contribution in [3.63, 3.8) is 0 Å². The molecule has 15 aromatic rings. The topological polar surface area (TPSA) is 16.3 Å². The van der Waals surface area contributed by atoms with Crippen molar-refractivity contribution in [3.8, 4) is 61.3 Å². The van der Waals surface area contributed by atoms with E-state index >= 15 is 0 Å². The van der Waals surface area contributed by atoms with E-state index in [0.29, 0.717) is 0 Å². The first-order valence-electron chi connectivity index (χ1n) is 28.9. The summed E-state index contributed by atoms with van der Waals surface area (Å²) in [6.07, 6.45) is 0. The number of benzene rings is 13. The average molecular weight is 1080 g/mol. The minimum absolute atomic E-state index is 0.766. The van der Waals surface area contributed by atoms with Crippen LogP contribution in [0.5, 0.6) is 0 Å². The molecule has 0 unspecified atom stereocenters. The van der Waals surface area contributed by atoms with E-state index in [2.05, 4.69) is 347 Å². The lowest BCUT2D eigenvalue weighted by Crippen LogP contribution is -2.09. The first kappa shape index (κ1) is 50.1. The van der Waals surface area contributed by atoms with Crippen molar-refractivity contribution in [3.05, 3.63) is 327 Å². The monoisotopic (exact) mass is 1070 g/mol. The Morgan fingerprint density at radius 2 is 0.619 bits per heavy atom. The van der Waals surface area contributed by atoms with Crippen molar-refractivity contribution in [2.45, 2.75) is 6.54 Å². The molecule has 398 valence electrons. The average Bonchev–Trinajstić information content (AvgIpc) is 2.34. The van der Waals surface area contributed by atoms with Crippen molar-refractivity contribution in [1.29, 1.82) is 0 Å². The van der Waals surface area contributed by atoms with E-state index in [-0.39, 0.29) is 0 Å². The highest BCUT2D eigenvalue weighted by atomic mass is 15.1. The van der Waals surface area contributed by atoms with Crippen LogP contribution in [-0.2, 0) is 6.54 Å². The van der Waals surface area contributed by atoms with Crippen LogP contribution < -0.4 is 9.80 Å². The summed E-state index contributed by atoms with van der Waals surface area (Å²) in [5.74, 6) is 0. The summed E-state index contributed by atoms with van der Waals surface area (Å²) in [6, 6.07) is 117. The van der Waals surface area contributed by atoms with Crippen LogP contribution in [0.4, 0.5) is 28.4 Å². The molecule has 0 fully saturated rings. The summed E-state index contributed by atoms with van der Waals surface area (Å²) >= 11 is 0. The lowest BCUT2D eigenvalue weighted by Gasteiger charge is -2.26. The molecule has 0 saturated heterocycles. The second kappa shape index (κ2) is 21.5. The summed E-state index contributed by atoms with van der Waals surface area (Å²) in [4.78, 5) is 4.60. The zero-order chi connectivity index (χ0) is 55.9. The molecule has 0 aliphatic rings. The molecule has 4 heteroatoms. The number of fused-ring (bicyclic) bond motifs is 6. The Morgan fingerprint density at radius 1 is 0.250 bits per heavy atom. The largest absolute Gasteiger partial charge is 0.345 e. The van der Waals surface area contributed by atoms with Gasteiger partial charge in [-0.15, -0.1) is 0 Å². The maximum absolute atomic E-state index is 2.47. The van der Waals surface area contributed by atoms with Crippen LogP contribution in [0.15, 0.2) is 322 Å². The Morgan fingerprint density at radius 3 is 1.24 bits per heavy atom. The predicted molar refractivity (Wildman–Crippen MR) is 356 cm³/mol. The molecular weight excluding hydrogens is 1020 g/mol. The summed E-state index contributed by atoms with van der Waals surface area (Å²) in [7, 11) is 2.15. The Kier molecular flexibility index (Phi) is 12.8. The van der Waals surface area contributed by atoms with E-state index in [1.54, 1.807) is 0 Å². The third-order valence-corrected chi connectivity index (χ3v) is 16.8. The molecule has 0 aliphatic heterocycles. The van der Waals surface area contributed by atoms with Crippen LogP contribution in [0.3, 0.4) is 0 Å². The number of rotatable bonds is 13. The van der Waals surface area contributed by atoms with Crippen LogP contribution in [0.1, 0.15) is 5.56 Å². The molecule has 2 heterocycles. The fourth-order valence-electron chi connectivity index (χ4n) is 12.5. The number of hydrogen-bond acceptors (Lipinski definition) is 2. The summed E-state index contributed by atoms with van der Waals surface area (Å²) in [5.41, 5.74) is 24.9. The van der Waals surface area contributed by atoms with Gasteiger partial charge in [0.1, 0.15) is 0 Å². The smallest absolute Gasteiger partial charge is 0.0541 e. The third kappa shape index (κ3) is 9.36. The van der Waals surface area contributed by atoms with Gasteiger partial charge in [-0.1, -0.05) is 212 Å². The minimum Gasteiger partial charge on any atom is -0.345 e. The maximum atomic E-state index is 2.47. The van der Waals surface area contributed by atoms with Crippen molar-refractivity contribution in [2.24, 2.45) is 0 Å². The maximum Gasteiger partial charge on any atom is 0.0541 e. The van der Waals surface area contributed by atoms with Gasteiger partial charge in [0.25, 0.3) is 0 Å². The molecule has 13 aromatic carbocycles. The first-order valence-corrected chi connectivity index (χ1v) is 28.9. The van der Waals surface area contributed by atoms with Crippen LogP contribution >= 0.6 is 0 Å².